The third-order valence-corrected chi connectivity index (χ3v) is 2.96. The summed E-state index contributed by atoms with van der Waals surface area (Å²) in [6, 6.07) is 0. The normalized spacial score (nSPS) is 35.2. The Morgan fingerprint density at radius 2 is 2.45 bits per heavy atom. The average molecular weight is 148 g/mol. The zero-order valence-electron chi connectivity index (χ0n) is 7.22. The van der Waals surface area contributed by atoms with Crippen LogP contribution in [0.2, 0.25) is 0 Å². The predicted molar refractivity (Wildman–Crippen MR) is 48.3 cm³/mol. The van der Waals surface area contributed by atoms with Crippen molar-refractivity contribution in [3.05, 3.63) is 23.8 Å². The van der Waals surface area contributed by atoms with Gasteiger partial charge >= 0.3 is 0 Å². The van der Waals surface area contributed by atoms with Crippen LogP contribution in [-0.4, -0.2) is 0 Å². The van der Waals surface area contributed by atoms with Gasteiger partial charge < -0.3 is 0 Å². The Kier molecular flexibility index (Phi) is 1.85. The molecule has 0 aromatic rings. The van der Waals surface area contributed by atoms with Gasteiger partial charge in [-0.2, -0.15) is 0 Å². The highest BCUT2D eigenvalue weighted by Crippen LogP contribution is 2.44. The second-order valence-electron chi connectivity index (χ2n) is 3.77. The lowest BCUT2D eigenvalue weighted by atomic mass is 9.91. The van der Waals surface area contributed by atoms with E-state index < -0.39 is 0 Å². The molecule has 0 aliphatic heterocycles. The van der Waals surface area contributed by atoms with Crippen LogP contribution in [0.1, 0.15) is 32.6 Å². The Morgan fingerprint density at radius 1 is 1.55 bits per heavy atom. The van der Waals surface area contributed by atoms with E-state index in [0.29, 0.717) is 0 Å². The second kappa shape index (κ2) is 2.84. The summed E-state index contributed by atoms with van der Waals surface area (Å²) < 4.78 is 0. The van der Waals surface area contributed by atoms with Crippen molar-refractivity contribution in [2.45, 2.75) is 32.6 Å². The minimum absolute atomic E-state index is 0.898. The van der Waals surface area contributed by atoms with E-state index in [1.165, 1.54) is 25.7 Å². The molecule has 2 aliphatic carbocycles. The van der Waals surface area contributed by atoms with Gasteiger partial charge in [0.25, 0.3) is 0 Å². The first-order valence-corrected chi connectivity index (χ1v) is 4.74. The van der Waals surface area contributed by atoms with Crippen molar-refractivity contribution >= 4 is 0 Å². The Balaban J connectivity index is 1.98. The van der Waals surface area contributed by atoms with Gasteiger partial charge in [-0.05, 0) is 37.5 Å². The summed E-state index contributed by atoms with van der Waals surface area (Å²) in [7, 11) is 0. The van der Waals surface area contributed by atoms with Gasteiger partial charge in [-0.15, -0.1) is 0 Å². The van der Waals surface area contributed by atoms with Crippen molar-refractivity contribution < 1.29 is 0 Å². The predicted octanol–water partition coefficient (Wildman–Crippen LogP) is 3.31. The molecule has 0 radical (unpaired) electrons. The van der Waals surface area contributed by atoms with Crippen LogP contribution in [-0.2, 0) is 0 Å². The first kappa shape index (κ1) is 7.15. The second-order valence-corrected chi connectivity index (χ2v) is 3.77. The van der Waals surface area contributed by atoms with E-state index >= 15 is 0 Å². The summed E-state index contributed by atoms with van der Waals surface area (Å²) in [6.07, 6.45) is 12.5. The number of hydrogen-bond donors (Lipinski definition) is 0. The van der Waals surface area contributed by atoms with Crippen molar-refractivity contribution in [3.63, 3.8) is 0 Å². The first-order chi connectivity index (χ1) is 5.40. The minimum Gasteiger partial charge on any atom is -0.0885 e. The van der Waals surface area contributed by atoms with E-state index in [1.807, 2.05) is 0 Å². The molecular weight excluding hydrogens is 132 g/mol. The van der Waals surface area contributed by atoms with E-state index in [0.717, 1.165) is 11.8 Å². The molecule has 2 atom stereocenters. The molecule has 0 amide bonds. The summed E-state index contributed by atoms with van der Waals surface area (Å²) in [4.78, 5) is 0. The molecule has 0 aromatic carbocycles. The number of fused-ring (bicyclic) bond motifs is 2. The fourth-order valence-corrected chi connectivity index (χ4v) is 2.32. The molecule has 0 aromatic heterocycles. The van der Waals surface area contributed by atoms with E-state index in [-0.39, 0.29) is 0 Å². The summed E-state index contributed by atoms with van der Waals surface area (Å²) >= 11 is 0. The SMILES string of the molecule is CC/C=C/C1CC2=CCC1C2. The van der Waals surface area contributed by atoms with Gasteiger partial charge in [0.2, 0.25) is 0 Å². The molecule has 0 heteroatoms. The maximum Gasteiger partial charge on any atom is -0.0162 e. The van der Waals surface area contributed by atoms with E-state index in [4.69, 9.17) is 0 Å². The molecule has 0 heterocycles. The van der Waals surface area contributed by atoms with Gasteiger partial charge in [-0.1, -0.05) is 30.7 Å². The standard InChI is InChI=1S/C11H16/c1-2-3-4-10-7-9-5-6-11(10)8-9/h3-5,10-11H,2,6-8H2,1H3/b4-3+. The average Bonchev–Trinajstić information content (AvgIpc) is 2.60. The van der Waals surface area contributed by atoms with Crippen LogP contribution in [0.4, 0.5) is 0 Å². The van der Waals surface area contributed by atoms with Crippen LogP contribution in [0.15, 0.2) is 23.8 Å². The van der Waals surface area contributed by atoms with Gasteiger partial charge in [0.05, 0.1) is 0 Å². The van der Waals surface area contributed by atoms with Gasteiger partial charge in [-0.3, -0.25) is 0 Å². The number of rotatable bonds is 2. The summed E-state index contributed by atoms with van der Waals surface area (Å²) in [5, 5.41) is 0. The van der Waals surface area contributed by atoms with Crippen LogP contribution in [0.3, 0.4) is 0 Å². The monoisotopic (exact) mass is 148 g/mol. The largest absolute Gasteiger partial charge is 0.0885 e. The van der Waals surface area contributed by atoms with E-state index in [2.05, 4.69) is 25.2 Å². The van der Waals surface area contributed by atoms with Crippen molar-refractivity contribution in [2.24, 2.45) is 11.8 Å². The highest BCUT2D eigenvalue weighted by atomic mass is 14.4. The highest BCUT2D eigenvalue weighted by Gasteiger charge is 2.31. The molecule has 0 saturated heterocycles. The number of allylic oxidation sites excluding steroid dienone is 4. The van der Waals surface area contributed by atoms with Crippen LogP contribution >= 0.6 is 0 Å². The lowest BCUT2D eigenvalue weighted by Crippen LogP contribution is -2.03. The van der Waals surface area contributed by atoms with E-state index in [1.54, 1.807) is 5.57 Å². The Morgan fingerprint density at radius 3 is 3.00 bits per heavy atom. The molecule has 60 valence electrons. The summed E-state index contributed by atoms with van der Waals surface area (Å²) in [5.41, 5.74) is 1.72. The minimum atomic E-state index is 0.898. The fourth-order valence-electron chi connectivity index (χ4n) is 2.32. The molecule has 2 bridgehead atoms. The lowest BCUT2D eigenvalue weighted by Gasteiger charge is -2.13. The van der Waals surface area contributed by atoms with Gasteiger partial charge in [0.1, 0.15) is 0 Å². The summed E-state index contributed by atoms with van der Waals surface area (Å²) in [6.45, 7) is 2.21. The molecule has 1 saturated carbocycles. The van der Waals surface area contributed by atoms with Crippen LogP contribution < -0.4 is 0 Å². The first-order valence-electron chi connectivity index (χ1n) is 4.74. The van der Waals surface area contributed by atoms with Gasteiger partial charge in [0, 0.05) is 0 Å². The quantitative estimate of drug-likeness (QED) is 0.527. The van der Waals surface area contributed by atoms with E-state index in [9.17, 15) is 0 Å². The molecular formula is C11H16. The van der Waals surface area contributed by atoms with Crippen LogP contribution in [0, 0.1) is 11.8 Å². The molecule has 2 aliphatic rings. The molecule has 11 heavy (non-hydrogen) atoms. The Hall–Kier alpha value is -0.520. The van der Waals surface area contributed by atoms with Crippen molar-refractivity contribution in [3.8, 4) is 0 Å². The maximum absolute atomic E-state index is 2.45. The maximum atomic E-state index is 2.45. The van der Waals surface area contributed by atoms with Crippen molar-refractivity contribution in [1.29, 1.82) is 0 Å². The number of hydrogen-bond acceptors (Lipinski definition) is 0. The fraction of sp³-hybridized carbons (Fsp3) is 0.636. The molecule has 0 nitrogen and oxygen atoms in total. The molecule has 0 spiro atoms. The van der Waals surface area contributed by atoms with Crippen LogP contribution in [0.5, 0.6) is 0 Å². The summed E-state index contributed by atoms with van der Waals surface area (Å²) in [5.74, 6) is 1.88. The lowest BCUT2D eigenvalue weighted by molar-refractivity contribution is 0.466. The highest BCUT2D eigenvalue weighted by molar-refractivity contribution is 5.21. The Labute approximate surface area is 69.0 Å². The smallest absolute Gasteiger partial charge is 0.0162 e. The van der Waals surface area contributed by atoms with Gasteiger partial charge in [-0.25, -0.2) is 0 Å². The van der Waals surface area contributed by atoms with Crippen molar-refractivity contribution in [1.82, 2.24) is 0 Å². The third kappa shape index (κ3) is 1.26. The molecule has 2 rings (SSSR count). The van der Waals surface area contributed by atoms with Crippen molar-refractivity contribution in [2.75, 3.05) is 0 Å². The Bertz CT molecular complexity index is 198. The molecule has 0 N–H and O–H groups in total. The topological polar surface area (TPSA) is 0 Å². The third-order valence-electron chi connectivity index (χ3n) is 2.96. The molecule has 2 unspecified atom stereocenters. The molecule has 1 fully saturated rings. The zero-order chi connectivity index (χ0) is 7.68. The van der Waals surface area contributed by atoms with Gasteiger partial charge in [0.15, 0.2) is 0 Å². The zero-order valence-corrected chi connectivity index (χ0v) is 7.22. The van der Waals surface area contributed by atoms with Crippen LogP contribution in [0.25, 0.3) is 0 Å².